The fourth-order valence-electron chi connectivity index (χ4n) is 2.92. The predicted octanol–water partition coefficient (Wildman–Crippen LogP) is 1.68. The van der Waals surface area contributed by atoms with Crippen molar-refractivity contribution in [1.82, 2.24) is 24.3 Å². The minimum absolute atomic E-state index is 0.0814. The molecule has 0 atom stereocenters. The summed E-state index contributed by atoms with van der Waals surface area (Å²) in [6.07, 6.45) is 6.88. The lowest BCUT2D eigenvalue weighted by Crippen LogP contribution is -2.49. The average Bonchev–Trinajstić information content (AvgIpc) is 3.09. The van der Waals surface area contributed by atoms with E-state index in [-0.39, 0.29) is 5.91 Å². The number of pyridine rings is 1. The van der Waals surface area contributed by atoms with Gasteiger partial charge < -0.3 is 4.90 Å². The van der Waals surface area contributed by atoms with E-state index in [2.05, 4.69) is 28.7 Å². The lowest BCUT2D eigenvalue weighted by Gasteiger charge is -2.35. The molecule has 0 bridgehead atoms. The quantitative estimate of drug-likeness (QED) is 0.862. The van der Waals surface area contributed by atoms with Gasteiger partial charge in [-0.25, -0.2) is 9.97 Å². The monoisotopic (exact) mass is 313 g/mol. The number of carbonyl (C=O) groups is 1. The second-order valence-electron chi connectivity index (χ2n) is 6.36. The first-order chi connectivity index (χ1) is 11.1. The molecule has 0 radical (unpaired) electrons. The fourth-order valence-corrected chi connectivity index (χ4v) is 2.92. The third kappa shape index (κ3) is 3.76. The van der Waals surface area contributed by atoms with E-state index in [4.69, 9.17) is 0 Å². The molecule has 1 aliphatic heterocycles. The van der Waals surface area contributed by atoms with Crippen LogP contribution in [-0.4, -0.2) is 63.0 Å². The minimum Gasteiger partial charge on any atom is -0.336 e. The van der Waals surface area contributed by atoms with Crippen LogP contribution < -0.4 is 0 Å². The van der Waals surface area contributed by atoms with Crippen molar-refractivity contribution < 1.29 is 4.79 Å². The molecule has 1 fully saturated rings. The first-order valence-electron chi connectivity index (χ1n) is 8.09. The third-order valence-corrected chi connectivity index (χ3v) is 4.04. The number of rotatable bonds is 4. The van der Waals surface area contributed by atoms with Crippen molar-refractivity contribution in [3.05, 3.63) is 42.6 Å². The van der Waals surface area contributed by atoms with Crippen molar-refractivity contribution in [1.29, 1.82) is 0 Å². The number of amides is 1. The Hall–Kier alpha value is -2.21. The number of carbonyl (C=O) groups excluding carboxylic acids is 1. The molecule has 0 N–H and O–H groups in total. The molecule has 1 saturated heterocycles. The molecule has 6 heteroatoms. The van der Waals surface area contributed by atoms with Gasteiger partial charge in [0.25, 0.3) is 5.91 Å². The van der Waals surface area contributed by atoms with E-state index in [0.29, 0.717) is 17.3 Å². The van der Waals surface area contributed by atoms with Crippen LogP contribution in [0.2, 0.25) is 0 Å². The molecule has 2 aromatic rings. The zero-order valence-electron chi connectivity index (χ0n) is 13.7. The van der Waals surface area contributed by atoms with Crippen molar-refractivity contribution in [2.45, 2.75) is 13.8 Å². The van der Waals surface area contributed by atoms with E-state index in [1.807, 2.05) is 17.2 Å². The zero-order chi connectivity index (χ0) is 16.2. The Morgan fingerprint density at radius 2 is 2.00 bits per heavy atom. The highest BCUT2D eigenvalue weighted by atomic mass is 16.2. The van der Waals surface area contributed by atoms with Crippen LogP contribution in [0.5, 0.6) is 0 Å². The van der Waals surface area contributed by atoms with Gasteiger partial charge in [0.05, 0.1) is 0 Å². The van der Waals surface area contributed by atoms with E-state index < -0.39 is 0 Å². The molecule has 0 unspecified atom stereocenters. The summed E-state index contributed by atoms with van der Waals surface area (Å²) in [4.78, 5) is 25.4. The molecule has 0 aromatic carbocycles. The van der Waals surface area contributed by atoms with E-state index >= 15 is 0 Å². The summed E-state index contributed by atoms with van der Waals surface area (Å²) in [5.74, 6) is 1.46. The largest absolute Gasteiger partial charge is 0.336 e. The number of hydrogen-bond acceptors (Lipinski definition) is 4. The van der Waals surface area contributed by atoms with Crippen LogP contribution in [0.15, 0.2) is 37.1 Å². The van der Waals surface area contributed by atoms with Crippen LogP contribution in [0.3, 0.4) is 0 Å². The predicted molar refractivity (Wildman–Crippen MR) is 88.5 cm³/mol. The van der Waals surface area contributed by atoms with Gasteiger partial charge in [-0.1, -0.05) is 13.8 Å². The van der Waals surface area contributed by atoms with Crippen LogP contribution in [0.4, 0.5) is 0 Å². The Balaban J connectivity index is 1.66. The number of imidazole rings is 1. The van der Waals surface area contributed by atoms with Crippen molar-refractivity contribution in [3.8, 4) is 5.82 Å². The molecule has 122 valence electrons. The lowest BCUT2D eigenvalue weighted by atomic mass is 10.1. The highest BCUT2D eigenvalue weighted by molar-refractivity contribution is 5.94. The number of aromatic nitrogens is 3. The summed E-state index contributed by atoms with van der Waals surface area (Å²) in [7, 11) is 0. The van der Waals surface area contributed by atoms with Gasteiger partial charge in [-0.05, 0) is 18.1 Å². The molecule has 0 spiro atoms. The lowest BCUT2D eigenvalue weighted by molar-refractivity contribution is 0.0623. The summed E-state index contributed by atoms with van der Waals surface area (Å²) in [6.45, 7) is 9.02. The topological polar surface area (TPSA) is 54.3 Å². The second kappa shape index (κ2) is 6.91. The van der Waals surface area contributed by atoms with Gasteiger partial charge in [-0.15, -0.1) is 0 Å². The van der Waals surface area contributed by atoms with Gasteiger partial charge in [0.1, 0.15) is 12.1 Å². The van der Waals surface area contributed by atoms with Gasteiger partial charge in [0.2, 0.25) is 0 Å². The van der Waals surface area contributed by atoms with Crippen LogP contribution in [-0.2, 0) is 0 Å². The van der Waals surface area contributed by atoms with Crippen molar-refractivity contribution >= 4 is 5.91 Å². The second-order valence-corrected chi connectivity index (χ2v) is 6.36. The molecule has 2 aromatic heterocycles. The molecule has 3 rings (SSSR count). The molecule has 0 aliphatic carbocycles. The van der Waals surface area contributed by atoms with Gasteiger partial charge >= 0.3 is 0 Å². The Morgan fingerprint density at radius 3 is 2.65 bits per heavy atom. The van der Waals surface area contributed by atoms with Gasteiger partial charge in [0, 0.05) is 56.9 Å². The first kappa shape index (κ1) is 15.7. The molecule has 1 aliphatic rings. The highest BCUT2D eigenvalue weighted by Crippen LogP contribution is 2.12. The van der Waals surface area contributed by atoms with Crippen molar-refractivity contribution in [3.63, 3.8) is 0 Å². The average molecular weight is 313 g/mol. The molecule has 6 nitrogen and oxygen atoms in total. The highest BCUT2D eigenvalue weighted by Gasteiger charge is 2.22. The van der Waals surface area contributed by atoms with E-state index in [1.165, 1.54) is 0 Å². The molecule has 23 heavy (non-hydrogen) atoms. The third-order valence-electron chi connectivity index (χ3n) is 4.04. The maximum Gasteiger partial charge on any atom is 0.254 e. The Labute approximate surface area is 136 Å². The summed E-state index contributed by atoms with van der Waals surface area (Å²) in [6, 6.07) is 3.60. The smallest absolute Gasteiger partial charge is 0.254 e. The number of piperazine rings is 1. The zero-order valence-corrected chi connectivity index (χ0v) is 13.7. The standard InChI is InChI=1S/C17H23N5O/c1-14(2)12-20-7-9-21(10-8-20)17(23)15-3-4-19-16(11-15)22-6-5-18-13-22/h3-6,11,13-14H,7-10,12H2,1-2H3. The summed E-state index contributed by atoms with van der Waals surface area (Å²) >= 11 is 0. The van der Waals surface area contributed by atoms with Crippen molar-refractivity contribution in [2.75, 3.05) is 32.7 Å². The Bertz CT molecular complexity index is 645. The molecular weight excluding hydrogens is 290 g/mol. The van der Waals surface area contributed by atoms with Crippen LogP contribution >= 0.6 is 0 Å². The summed E-state index contributed by atoms with van der Waals surface area (Å²) in [5, 5.41) is 0. The van der Waals surface area contributed by atoms with Crippen LogP contribution in [0.25, 0.3) is 5.82 Å². The summed E-state index contributed by atoms with van der Waals surface area (Å²) in [5.41, 5.74) is 0.681. The molecule has 3 heterocycles. The number of hydrogen-bond donors (Lipinski definition) is 0. The maximum absolute atomic E-state index is 12.7. The van der Waals surface area contributed by atoms with Gasteiger partial charge in [0.15, 0.2) is 0 Å². The summed E-state index contributed by atoms with van der Waals surface area (Å²) < 4.78 is 1.80. The minimum atomic E-state index is 0.0814. The van der Waals surface area contributed by atoms with Gasteiger partial charge in [-0.3, -0.25) is 14.3 Å². The fraction of sp³-hybridized carbons (Fsp3) is 0.471. The van der Waals surface area contributed by atoms with E-state index in [9.17, 15) is 4.79 Å². The van der Waals surface area contributed by atoms with Crippen LogP contribution in [0, 0.1) is 5.92 Å². The molecule has 0 saturated carbocycles. The Kier molecular flexibility index (Phi) is 4.71. The van der Waals surface area contributed by atoms with Gasteiger partial charge in [-0.2, -0.15) is 0 Å². The van der Waals surface area contributed by atoms with E-state index in [1.54, 1.807) is 29.4 Å². The normalized spacial score (nSPS) is 16.0. The van der Waals surface area contributed by atoms with Crippen LogP contribution in [0.1, 0.15) is 24.2 Å². The molecule has 1 amide bonds. The molecular formula is C17H23N5O. The maximum atomic E-state index is 12.7. The van der Waals surface area contributed by atoms with Crippen molar-refractivity contribution in [2.24, 2.45) is 5.92 Å². The number of nitrogens with zero attached hydrogens (tertiary/aromatic N) is 5. The van der Waals surface area contributed by atoms with E-state index in [0.717, 1.165) is 32.7 Å². The SMILES string of the molecule is CC(C)CN1CCN(C(=O)c2ccnc(-n3ccnc3)c2)CC1. The Morgan fingerprint density at radius 1 is 1.22 bits per heavy atom. The first-order valence-corrected chi connectivity index (χ1v) is 8.09.